The first-order valence-electron chi connectivity index (χ1n) is 7.56. The highest BCUT2D eigenvalue weighted by atomic mass is 32.2. The van der Waals surface area contributed by atoms with Crippen LogP contribution < -0.4 is 0 Å². The van der Waals surface area contributed by atoms with E-state index in [1.807, 2.05) is 18.2 Å². The molecule has 0 aliphatic carbocycles. The van der Waals surface area contributed by atoms with E-state index in [9.17, 15) is 13.2 Å². The van der Waals surface area contributed by atoms with E-state index in [1.54, 1.807) is 13.0 Å². The zero-order valence-corrected chi connectivity index (χ0v) is 14.4. The van der Waals surface area contributed by atoms with Gasteiger partial charge in [0.1, 0.15) is 6.54 Å². The van der Waals surface area contributed by atoms with Crippen molar-refractivity contribution in [3.8, 4) is 0 Å². The third kappa shape index (κ3) is 6.15. The Hall–Kier alpha value is -1.40. The minimum atomic E-state index is -3.53. The van der Waals surface area contributed by atoms with E-state index in [2.05, 4.69) is 6.92 Å². The fraction of sp³-hybridized carbons (Fsp3) is 0.562. The number of unbranched alkanes of at least 4 members (excludes halogenated alkanes) is 1. The van der Waals surface area contributed by atoms with Crippen LogP contribution in [0.3, 0.4) is 0 Å². The quantitative estimate of drug-likeness (QED) is 0.653. The van der Waals surface area contributed by atoms with Crippen LogP contribution in [0.4, 0.5) is 0 Å². The molecule has 0 spiro atoms. The Kier molecular flexibility index (Phi) is 7.55. The van der Waals surface area contributed by atoms with Crippen LogP contribution >= 0.6 is 0 Å². The number of esters is 1. The first kappa shape index (κ1) is 18.6. The second-order valence-electron chi connectivity index (χ2n) is 5.24. The van der Waals surface area contributed by atoms with Crippen LogP contribution in [0.2, 0.25) is 0 Å². The van der Waals surface area contributed by atoms with Gasteiger partial charge in [-0.1, -0.05) is 37.6 Å². The Morgan fingerprint density at radius 2 is 1.91 bits per heavy atom. The molecule has 22 heavy (non-hydrogen) atoms. The van der Waals surface area contributed by atoms with Gasteiger partial charge in [-0.2, -0.15) is 4.31 Å². The number of rotatable bonds is 9. The molecule has 0 bridgehead atoms. The SMILES string of the molecule is CCCCc1cccc(CS(=O)(=O)N(C)CC(=O)OCC)c1. The first-order valence-corrected chi connectivity index (χ1v) is 9.17. The third-order valence-corrected chi connectivity index (χ3v) is 5.07. The standard InChI is InChI=1S/C16H25NO4S/c1-4-6-8-14-9-7-10-15(11-14)13-22(19,20)17(3)12-16(18)21-5-2/h7,9-11H,4-6,8,12-13H2,1-3H3. The summed E-state index contributed by atoms with van der Waals surface area (Å²) in [6.07, 6.45) is 3.13. The number of benzene rings is 1. The van der Waals surface area contributed by atoms with E-state index in [0.717, 1.165) is 34.7 Å². The van der Waals surface area contributed by atoms with Crippen molar-refractivity contribution in [2.45, 2.75) is 38.9 Å². The Bertz CT molecular complexity index is 584. The number of hydrogen-bond donors (Lipinski definition) is 0. The molecule has 0 fully saturated rings. The molecule has 6 heteroatoms. The van der Waals surface area contributed by atoms with Crippen molar-refractivity contribution in [1.82, 2.24) is 4.31 Å². The predicted octanol–water partition coefficient (Wildman–Crippen LogP) is 2.35. The number of aryl methyl sites for hydroxylation is 1. The number of sulfonamides is 1. The molecule has 0 amide bonds. The topological polar surface area (TPSA) is 63.7 Å². The lowest BCUT2D eigenvalue weighted by molar-refractivity contribution is -0.143. The van der Waals surface area contributed by atoms with Gasteiger partial charge in [-0.3, -0.25) is 4.79 Å². The molecule has 0 radical (unpaired) electrons. The minimum Gasteiger partial charge on any atom is -0.465 e. The fourth-order valence-corrected chi connectivity index (χ4v) is 3.19. The van der Waals surface area contributed by atoms with Crippen LogP contribution in [-0.4, -0.2) is 38.9 Å². The Balaban J connectivity index is 2.73. The third-order valence-electron chi connectivity index (χ3n) is 3.29. The Morgan fingerprint density at radius 3 is 2.55 bits per heavy atom. The van der Waals surface area contributed by atoms with E-state index in [-0.39, 0.29) is 18.9 Å². The normalized spacial score (nSPS) is 11.6. The van der Waals surface area contributed by atoms with Crippen molar-refractivity contribution in [2.75, 3.05) is 20.2 Å². The highest BCUT2D eigenvalue weighted by Gasteiger charge is 2.21. The van der Waals surface area contributed by atoms with Crippen molar-refractivity contribution in [3.05, 3.63) is 35.4 Å². The fourth-order valence-electron chi connectivity index (χ4n) is 2.06. The van der Waals surface area contributed by atoms with Crippen LogP contribution in [0.1, 0.15) is 37.8 Å². The van der Waals surface area contributed by atoms with Gasteiger partial charge in [0.2, 0.25) is 10.0 Å². The van der Waals surface area contributed by atoms with Gasteiger partial charge in [0.15, 0.2) is 0 Å². The van der Waals surface area contributed by atoms with Crippen molar-refractivity contribution in [3.63, 3.8) is 0 Å². The summed E-state index contributed by atoms with van der Waals surface area (Å²) < 4.78 is 30.4. The zero-order chi connectivity index (χ0) is 16.6. The molecule has 0 N–H and O–H groups in total. The summed E-state index contributed by atoms with van der Waals surface area (Å²) in [4.78, 5) is 11.4. The summed E-state index contributed by atoms with van der Waals surface area (Å²) in [5.74, 6) is -0.645. The van der Waals surface area contributed by atoms with Crippen LogP contribution in [0.5, 0.6) is 0 Å². The molecular formula is C16H25NO4S. The van der Waals surface area contributed by atoms with Crippen molar-refractivity contribution in [1.29, 1.82) is 0 Å². The molecule has 0 saturated heterocycles. The van der Waals surface area contributed by atoms with Crippen molar-refractivity contribution >= 4 is 16.0 Å². The van der Waals surface area contributed by atoms with E-state index in [4.69, 9.17) is 4.74 Å². The predicted molar refractivity (Wildman–Crippen MR) is 86.9 cm³/mol. The molecule has 0 aromatic heterocycles. The van der Waals surface area contributed by atoms with Gasteiger partial charge in [-0.25, -0.2) is 8.42 Å². The molecule has 0 atom stereocenters. The summed E-state index contributed by atoms with van der Waals surface area (Å²) in [7, 11) is -2.14. The summed E-state index contributed by atoms with van der Waals surface area (Å²) in [5.41, 5.74) is 1.88. The van der Waals surface area contributed by atoms with Crippen LogP contribution in [-0.2, 0) is 31.7 Å². The molecule has 1 aromatic carbocycles. The van der Waals surface area contributed by atoms with Crippen LogP contribution in [0.25, 0.3) is 0 Å². The highest BCUT2D eigenvalue weighted by Crippen LogP contribution is 2.13. The number of carbonyl (C=O) groups is 1. The van der Waals surface area contributed by atoms with Gasteiger partial charge < -0.3 is 4.74 Å². The molecule has 124 valence electrons. The van der Waals surface area contributed by atoms with Crippen molar-refractivity contribution in [2.24, 2.45) is 0 Å². The lowest BCUT2D eigenvalue weighted by Gasteiger charge is -2.16. The second kappa shape index (κ2) is 8.90. The maximum absolute atomic E-state index is 12.3. The summed E-state index contributed by atoms with van der Waals surface area (Å²) >= 11 is 0. The zero-order valence-electron chi connectivity index (χ0n) is 13.5. The molecule has 0 saturated carbocycles. The Morgan fingerprint density at radius 1 is 1.23 bits per heavy atom. The van der Waals surface area contributed by atoms with Gasteiger partial charge >= 0.3 is 5.97 Å². The minimum absolute atomic E-state index is 0.108. The summed E-state index contributed by atoms with van der Waals surface area (Å²) in [6.45, 7) is 3.80. The average Bonchev–Trinajstić information content (AvgIpc) is 2.45. The number of likely N-dealkylation sites (N-methyl/N-ethyl adjacent to an activating group) is 1. The monoisotopic (exact) mass is 327 g/mol. The lowest BCUT2D eigenvalue weighted by atomic mass is 10.1. The van der Waals surface area contributed by atoms with Crippen LogP contribution in [0, 0.1) is 0 Å². The second-order valence-corrected chi connectivity index (χ2v) is 7.32. The van der Waals surface area contributed by atoms with Gasteiger partial charge in [0.05, 0.1) is 12.4 Å². The number of ether oxygens (including phenoxy) is 1. The number of carbonyl (C=O) groups excluding carboxylic acids is 1. The van der Waals surface area contributed by atoms with Gasteiger partial charge in [-0.05, 0) is 30.9 Å². The molecule has 1 rings (SSSR count). The molecule has 0 aliphatic rings. The van der Waals surface area contributed by atoms with E-state index in [0.29, 0.717) is 0 Å². The molecule has 0 unspecified atom stereocenters. The first-order chi connectivity index (χ1) is 10.4. The molecular weight excluding hydrogens is 302 g/mol. The molecule has 1 aromatic rings. The maximum Gasteiger partial charge on any atom is 0.321 e. The Labute approximate surface area is 133 Å². The summed E-state index contributed by atoms with van der Waals surface area (Å²) in [6, 6.07) is 7.60. The van der Waals surface area contributed by atoms with E-state index in [1.165, 1.54) is 7.05 Å². The molecule has 5 nitrogen and oxygen atoms in total. The maximum atomic E-state index is 12.3. The highest BCUT2D eigenvalue weighted by molar-refractivity contribution is 7.88. The van der Waals surface area contributed by atoms with Gasteiger partial charge in [0, 0.05) is 7.05 Å². The molecule has 0 aliphatic heterocycles. The number of hydrogen-bond acceptors (Lipinski definition) is 4. The van der Waals surface area contributed by atoms with Crippen molar-refractivity contribution < 1.29 is 17.9 Å². The average molecular weight is 327 g/mol. The number of nitrogens with zero attached hydrogens (tertiary/aromatic N) is 1. The van der Waals surface area contributed by atoms with Gasteiger partial charge in [-0.15, -0.1) is 0 Å². The summed E-state index contributed by atoms with van der Waals surface area (Å²) in [5, 5.41) is 0. The smallest absolute Gasteiger partial charge is 0.321 e. The molecule has 0 heterocycles. The van der Waals surface area contributed by atoms with E-state index < -0.39 is 16.0 Å². The lowest BCUT2D eigenvalue weighted by Crippen LogP contribution is -2.34. The van der Waals surface area contributed by atoms with Gasteiger partial charge in [0.25, 0.3) is 0 Å². The largest absolute Gasteiger partial charge is 0.465 e. The van der Waals surface area contributed by atoms with Crippen LogP contribution in [0.15, 0.2) is 24.3 Å². The van der Waals surface area contributed by atoms with E-state index >= 15 is 0 Å².